The Morgan fingerprint density at radius 2 is 2.25 bits per heavy atom. The van der Waals surface area contributed by atoms with E-state index in [2.05, 4.69) is 4.74 Å². The Morgan fingerprint density at radius 1 is 1.62 bits per heavy atom. The van der Waals surface area contributed by atoms with Crippen molar-refractivity contribution in [1.82, 2.24) is 0 Å². The summed E-state index contributed by atoms with van der Waals surface area (Å²) in [6.07, 6.45) is 1.17. The normalized spacial score (nSPS) is 8.38. The first-order valence-corrected chi connectivity index (χ1v) is 2.76. The van der Waals surface area contributed by atoms with Crippen LogP contribution in [0.4, 0.5) is 0 Å². The van der Waals surface area contributed by atoms with Crippen molar-refractivity contribution in [3.63, 3.8) is 0 Å². The number of aliphatic hydroxyl groups excluding tert-OH is 1. The van der Waals surface area contributed by atoms with E-state index >= 15 is 0 Å². The van der Waals surface area contributed by atoms with Crippen LogP contribution in [0.2, 0.25) is 0 Å². The molecule has 0 aliphatic carbocycles. The van der Waals surface area contributed by atoms with Crippen molar-refractivity contribution in [2.75, 3.05) is 13.2 Å². The zero-order valence-electron chi connectivity index (χ0n) is 4.10. The Balaban J connectivity index is 3.03. The van der Waals surface area contributed by atoms with Gasteiger partial charge in [0.25, 0.3) is 0 Å². The maximum atomic E-state index is 8.14. The quantitative estimate of drug-likeness (QED) is 0.493. The molecule has 0 atom stereocenters. The first-order chi connectivity index (χ1) is 3.77. The summed E-state index contributed by atoms with van der Waals surface area (Å²) in [6, 6.07) is 0. The zero-order chi connectivity index (χ0) is 6.41. The van der Waals surface area contributed by atoms with Crippen LogP contribution in [0.3, 0.4) is 0 Å². The molecule has 8 heavy (non-hydrogen) atoms. The molecule has 0 aliphatic rings. The van der Waals surface area contributed by atoms with E-state index < -0.39 is 0 Å². The lowest BCUT2D eigenvalue weighted by atomic mass is 10.8. The van der Waals surface area contributed by atoms with Crippen molar-refractivity contribution >= 4 is 23.2 Å². The molecular formula is C4H6Cl2O2. The summed E-state index contributed by atoms with van der Waals surface area (Å²) in [6.45, 7) is 0.195. The van der Waals surface area contributed by atoms with Crippen molar-refractivity contribution < 1.29 is 9.84 Å². The van der Waals surface area contributed by atoms with Crippen LogP contribution < -0.4 is 0 Å². The third kappa shape index (κ3) is 6.08. The van der Waals surface area contributed by atoms with Gasteiger partial charge in [-0.3, -0.25) is 0 Å². The zero-order valence-corrected chi connectivity index (χ0v) is 5.61. The molecule has 4 heteroatoms. The summed E-state index contributed by atoms with van der Waals surface area (Å²) >= 11 is 10.3. The molecule has 1 N–H and O–H groups in total. The van der Waals surface area contributed by atoms with Crippen LogP contribution >= 0.6 is 23.2 Å². The lowest BCUT2D eigenvalue weighted by Crippen LogP contribution is -1.91. The Hall–Kier alpha value is 0.0800. The molecule has 0 rings (SSSR count). The van der Waals surface area contributed by atoms with Gasteiger partial charge in [-0.25, -0.2) is 0 Å². The average Bonchev–Trinajstić information content (AvgIpc) is 1.66. The second-order valence-corrected chi connectivity index (χ2v) is 2.01. The highest BCUT2D eigenvalue weighted by atomic mass is 35.5. The van der Waals surface area contributed by atoms with Crippen LogP contribution in [0, 0.1) is 0 Å². The fourth-order valence-corrected chi connectivity index (χ4v) is 0.301. The summed E-state index contributed by atoms with van der Waals surface area (Å²) in [7, 11) is 0. The number of hydrogen-bond donors (Lipinski definition) is 1. The van der Waals surface area contributed by atoms with Gasteiger partial charge in [-0.2, -0.15) is 0 Å². The lowest BCUT2D eigenvalue weighted by molar-refractivity contribution is 0.166. The van der Waals surface area contributed by atoms with Crippen molar-refractivity contribution in [2.24, 2.45) is 0 Å². The fourth-order valence-electron chi connectivity index (χ4n) is 0.175. The van der Waals surface area contributed by atoms with E-state index in [9.17, 15) is 0 Å². The molecule has 0 saturated carbocycles. The molecule has 2 nitrogen and oxygen atoms in total. The third-order valence-electron chi connectivity index (χ3n) is 0.382. The van der Waals surface area contributed by atoms with Gasteiger partial charge in [-0.05, 0) is 0 Å². The molecule has 0 aromatic carbocycles. The SMILES string of the molecule is OCCOC=C(Cl)Cl. The summed E-state index contributed by atoms with van der Waals surface area (Å²) in [5, 5.41) is 8.14. The minimum absolute atomic E-state index is 0.0302. The van der Waals surface area contributed by atoms with Crippen LogP contribution in [0.15, 0.2) is 10.8 Å². The molecule has 0 bridgehead atoms. The Morgan fingerprint density at radius 3 is 2.62 bits per heavy atom. The van der Waals surface area contributed by atoms with Gasteiger partial charge in [-0.1, -0.05) is 23.2 Å². The van der Waals surface area contributed by atoms with Gasteiger partial charge in [0.15, 0.2) is 0 Å². The van der Waals surface area contributed by atoms with E-state index in [1.807, 2.05) is 0 Å². The van der Waals surface area contributed by atoms with Crippen molar-refractivity contribution in [3.05, 3.63) is 10.8 Å². The van der Waals surface area contributed by atoms with Crippen LogP contribution in [0.1, 0.15) is 0 Å². The molecule has 0 saturated heterocycles. The molecule has 0 aromatic rings. The van der Waals surface area contributed by atoms with E-state index in [1.54, 1.807) is 0 Å². The Bertz CT molecular complexity index is 78.1. The van der Waals surface area contributed by atoms with Crippen LogP contribution in [0.25, 0.3) is 0 Å². The predicted molar refractivity (Wildman–Crippen MR) is 32.8 cm³/mol. The van der Waals surface area contributed by atoms with Crippen molar-refractivity contribution in [2.45, 2.75) is 0 Å². The number of ether oxygens (including phenoxy) is 1. The van der Waals surface area contributed by atoms with E-state index in [0.717, 1.165) is 0 Å². The van der Waals surface area contributed by atoms with Crippen LogP contribution in [-0.4, -0.2) is 18.3 Å². The topological polar surface area (TPSA) is 29.5 Å². The first-order valence-electron chi connectivity index (χ1n) is 2.01. The summed E-state index contributed by atoms with van der Waals surface area (Å²) in [5.74, 6) is 0. The average molecular weight is 157 g/mol. The molecule has 0 unspecified atom stereocenters. The molecule has 0 aromatic heterocycles. The van der Waals surface area contributed by atoms with Crippen LogP contribution in [0.5, 0.6) is 0 Å². The van der Waals surface area contributed by atoms with Crippen molar-refractivity contribution in [3.8, 4) is 0 Å². The highest BCUT2D eigenvalue weighted by molar-refractivity contribution is 6.55. The molecule has 0 amide bonds. The van der Waals surface area contributed by atoms with E-state index in [4.69, 9.17) is 28.3 Å². The summed E-state index contributed by atoms with van der Waals surface area (Å²) in [5.41, 5.74) is 0. The van der Waals surface area contributed by atoms with Gasteiger partial charge in [0.2, 0.25) is 0 Å². The maximum absolute atomic E-state index is 8.14. The second-order valence-electron chi connectivity index (χ2n) is 1.00. The Labute approximate surface area is 57.7 Å². The second kappa shape index (κ2) is 5.22. The highest BCUT2D eigenvalue weighted by Gasteiger charge is 1.81. The lowest BCUT2D eigenvalue weighted by Gasteiger charge is -1.92. The van der Waals surface area contributed by atoms with Gasteiger partial charge in [0.1, 0.15) is 17.4 Å². The molecule has 48 valence electrons. The van der Waals surface area contributed by atoms with Gasteiger partial charge >= 0.3 is 0 Å². The fraction of sp³-hybridized carbons (Fsp3) is 0.500. The molecule has 0 radical (unpaired) electrons. The van der Waals surface area contributed by atoms with Gasteiger partial charge in [0.05, 0.1) is 6.61 Å². The largest absolute Gasteiger partial charge is 0.496 e. The molecule has 0 spiro atoms. The van der Waals surface area contributed by atoms with Crippen LogP contribution in [-0.2, 0) is 4.74 Å². The van der Waals surface area contributed by atoms with Gasteiger partial charge < -0.3 is 9.84 Å². The minimum Gasteiger partial charge on any atom is -0.496 e. The smallest absolute Gasteiger partial charge is 0.141 e. The number of halogens is 2. The molecule has 0 aliphatic heterocycles. The van der Waals surface area contributed by atoms with Crippen molar-refractivity contribution in [1.29, 1.82) is 0 Å². The monoisotopic (exact) mass is 156 g/mol. The number of rotatable bonds is 3. The van der Waals surface area contributed by atoms with E-state index in [1.165, 1.54) is 6.26 Å². The first kappa shape index (κ1) is 8.08. The van der Waals surface area contributed by atoms with Gasteiger partial charge in [0, 0.05) is 0 Å². The standard InChI is InChI=1S/C4H6Cl2O2/c5-4(6)3-8-2-1-7/h3,7H,1-2H2. The molecular weight excluding hydrogens is 151 g/mol. The third-order valence-corrected chi connectivity index (χ3v) is 0.560. The van der Waals surface area contributed by atoms with E-state index in [-0.39, 0.29) is 17.7 Å². The summed E-state index contributed by atoms with van der Waals surface area (Å²) < 4.78 is 4.62. The number of hydrogen-bond acceptors (Lipinski definition) is 2. The summed E-state index contributed by atoms with van der Waals surface area (Å²) in [4.78, 5) is 0. The Kier molecular flexibility index (Phi) is 5.27. The van der Waals surface area contributed by atoms with Gasteiger partial charge in [-0.15, -0.1) is 0 Å². The predicted octanol–water partition coefficient (Wildman–Crippen LogP) is 1.27. The highest BCUT2D eigenvalue weighted by Crippen LogP contribution is 2.04. The van der Waals surface area contributed by atoms with E-state index in [0.29, 0.717) is 0 Å². The number of aliphatic hydroxyl groups is 1. The molecule has 0 heterocycles. The minimum atomic E-state index is -0.0302. The molecule has 0 fully saturated rings. The maximum Gasteiger partial charge on any atom is 0.141 e.